The molecule has 0 aromatic rings. The van der Waals surface area contributed by atoms with Gasteiger partial charge in [-0.3, -0.25) is 9.35 Å². The minimum atomic E-state index is -4.32. The fourth-order valence-corrected chi connectivity index (χ4v) is 4.61. The van der Waals surface area contributed by atoms with Crippen LogP contribution in [-0.4, -0.2) is 41.9 Å². The van der Waals surface area contributed by atoms with Crippen molar-refractivity contribution in [2.24, 2.45) is 0 Å². The number of nitrogens with one attached hydrogen (secondary N) is 1. The van der Waals surface area contributed by atoms with Gasteiger partial charge < -0.3 is 10.4 Å². The molecule has 0 aromatic carbocycles. The van der Waals surface area contributed by atoms with Gasteiger partial charge in [0.25, 0.3) is 10.1 Å². The third-order valence-corrected chi connectivity index (χ3v) is 6.79. The lowest BCUT2D eigenvalue weighted by Gasteiger charge is -2.21. The van der Waals surface area contributed by atoms with Crippen molar-refractivity contribution in [3.05, 3.63) is 48.6 Å². The molecule has 0 aromatic heterocycles. The van der Waals surface area contributed by atoms with E-state index in [1.54, 1.807) is 6.08 Å². The quantitative estimate of drug-likeness (QED) is 0.0682. The Balaban J connectivity index is 3.97. The van der Waals surface area contributed by atoms with E-state index in [4.69, 9.17) is 0 Å². The molecule has 1 amide bonds. The first-order valence-electron chi connectivity index (χ1n) is 14.3. The van der Waals surface area contributed by atoms with Crippen LogP contribution in [0.25, 0.3) is 0 Å². The fraction of sp³-hybridized carbons (Fsp3) is 0.700. The second-order valence-electron chi connectivity index (χ2n) is 9.64. The Bertz CT molecular complexity index is 771. The summed E-state index contributed by atoms with van der Waals surface area (Å²) >= 11 is 0. The van der Waals surface area contributed by atoms with Gasteiger partial charge in [0, 0.05) is 6.42 Å². The van der Waals surface area contributed by atoms with Crippen LogP contribution >= 0.6 is 0 Å². The fourth-order valence-electron chi connectivity index (χ4n) is 3.87. The van der Waals surface area contributed by atoms with Crippen LogP contribution in [0.3, 0.4) is 0 Å². The van der Waals surface area contributed by atoms with Crippen LogP contribution in [0.1, 0.15) is 117 Å². The van der Waals surface area contributed by atoms with E-state index in [1.807, 2.05) is 0 Å². The van der Waals surface area contributed by atoms with E-state index < -0.39 is 28.0 Å². The zero-order chi connectivity index (χ0) is 27.6. The number of rotatable bonds is 24. The molecule has 0 aliphatic heterocycles. The van der Waals surface area contributed by atoms with Crippen molar-refractivity contribution in [3.63, 3.8) is 0 Å². The van der Waals surface area contributed by atoms with Crippen LogP contribution in [-0.2, 0) is 14.9 Å². The molecule has 0 saturated heterocycles. The maximum absolute atomic E-state index is 12.3. The lowest BCUT2D eigenvalue weighted by Crippen LogP contribution is -2.46. The van der Waals surface area contributed by atoms with Gasteiger partial charge in [-0.15, -0.1) is 0 Å². The van der Waals surface area contributed by atoms with E-state index >= 15 is 0 Å². The van der Waals surface area contributed by atoms with Crippen molar-refractivity contribution in [3.8, 4) is 0 Å². The van der Waals surface area contributed by atoms with Gasteiger partial charge in [-0.1, -0.05) is 107 Å². The molecule has 3 N–H and O–H groups in total. The van der Waals surface area contributed by atoms with Crippen LogP contribution in [0.4, 0.5) is 0 Å². The SMILES string of the molecule is CC/C=C\C/C=C\C/C=C\CCCCCCCCCC(=O)NC(CS(=O)(=O)O)C(O)/C=C/CCCCC. The minimum Gasteiger partial charge on any atom is -0.387 e. The first kappa shape index (κ1) is 35.3. The predicted octanol–water partition coefficient (Wildman–Crippen LogP) is 7.23. The summed E-state index contributed by atoms with van der Waals surface area (Å²) < 4.78 is 31.9. The van der Waals surface area contributed by atoms with Crippen LogP contribution in [0.5, 0.6) is 0 Å². The van der Waals surface area contributed by atoms with E-state index in [1.165, 1.54) is 25.3 Å². The summed E-state index contributed by atoms with van der Waals surface area (Å²) in [6, 6.07) is -1.06. The number of hydrogen-bond acceptors (Lipinski definition) is 4. The number of allylic oxidation sites excluding steroid dienone is 7. The summed E-state index contributed by atoms with van der Waals surface area (Å²) in [5, 5.41) is 12.9. The van der Waals surface area contributed by atoms with Gasteiger partial charge in [-0.05, 0) is 51.4 Å². The Morgan fingerprint density at radius 2 is 1.30 bits per heavy atom. The highest BCUT2D eigenvalue weighted by atomic mass is 32.2. The van der Waals surface area contributed by atoms with Crippen LogP contribution in [0.2, 0.25) is 0 Å². The van der Waals surface area contributed by atoms with Crippen LogP contribution < -0.4 is 5.32 Å². The molecule has 0 saturated carbocycles. The van der Waals surface area contributed by atoms with Crippen LogP contribution in [0.15, 0.2) is 48.6 Å². The summed E-state index contributed by atoms with van der Waals surface area (Å²) in [5.74, 6) is -1.01. The molecular weight excluding hydrogens is 486 g/mol. The second-order valence-corrected chi connectivity index (χ2v) is 11.1. The highest BCUT2D eigenvalue weighted by molar-refractivity contribution is 7.85. The average molecular weight is 540 g/mol. The van der Waals surface area contributed by atoms with Crippen molar-refractivity contribution in [2.75, 3.05) is 5.75 Å². The number of carbonyl (C=O) groups is 1. The molecule has 7 heteroatoms. The van der Waals surface area contributed by atoms with Crippen molar-refractivity contribution >= 4 is 16.0 Å². The van der Waals surface area contributed by atoms with Crippen molar-refractivity contribution in [2.45, 2.75) is 129 Å². The molecule has 214 valence electrons. The highest BCUT2D eigenvalue weighted by Crippen LogP contribution is 2.11. The average Bonchev–Trinajstić information content (AvgIpc) is 2.84. The summed E-state index contributed by atoms with van der Waals surface area (Å²) in [5.41, 5.74) is 0. The molecule has 0 spiro atoms. The lowest BCUT2D eigenvalue weighted by atomic mass is 10.1. The van der Waals surface area contributed by atoms with Crippen LogP contribution in [0, 0.1) is 0 Å². The largest absolute Gasteiger partial charge is 0.387 e. The molecule has 0 fully saturated rings. The maximum Gasteiger partial charge on any atom is 0.267 e. The Morgan fingerprint density at radius 1 is 0.757 bits per heavy atom. The van der Waals surface area contributed by atoms with E-state index in [9.17, 15) is 22.9 Å². The summed E-state index contributed by atoms with van der Waals surface area (Å²) in [4.78, 5) is 12.3. The summed E-state index contributed by atoms with van der Waals surface area (Å²) in [7, 11) is -4.32. The summed E-state index contributed by atoms with van der Waals surface area (Å²) in [6.07, 6.45) is 31.4. The standard InChI is InChI=1S/C30H53NO5S/c1-3-5-7-9-10-11-12-13-14-15-16-17-18-19-20-22-24-26-30(33)31-28(27-37(34,35)36)29(32)25-23-21-8-6-4-2/h5,7,10-11,13-14,23,25,28-29,32H,3-4,6,8-9,12,15-22,24,26-27H2,1-2H3,(H,31,33)(H,34,35,36)/b7-5-,11-10-,14-13-,25-23+. The number of unbranched alkanes of at least 4 members (excludes halogenated alkanes) is 10. The number of carbonyl (C=O) groups excluding carboxylic acids is 1. The molecule has 6 nitrogen and oxygen atoms in total. The topological polar surface area (TPSA) is 104 Å². The maximum atomic E-state index is 12.3. The van der Waals surface area contributed by atoms with E-state index in [2.05, 4.69) is 55.6 Å². The van der Waals surface area contributed by atoms with E-state index in [0.29, 0.717) is 0 Å². The van der Waals surface area contributed by atoms with Crippen molar-refractivity contribution in [1.29, 1.82) is 0 Å². The molecule has 2 atom stereocenters. The van der Waals surface area contributed by atoms with Gasteiger partial charge in [-0.2, -0.15) is 8.42 Å². The Kier molecular flexibility index (Phi) is 23.5. The third kappa shape index (κ3) is 25.7. The van der Waals surface area contributed by atoms with E-state index in [-0.39, 0.29) is 12.3 Å². The number of amides is 1. The number of aliphatic hydroxyl groups excluding tert-OH is 1. The minimum absolute atomic E-state index is 0.281. The second kappa shape index (κ2) is 24.6. The van der Waals surface area contributed by atoms with Gasteiger partial charge in [0.15, 0.2) is 0 Å². The molecule has 0 bridgehead atoms. The first-order chi connectivity index (χ1) is 17.8. The predicted molar refractivity (Wildman–Crippen MR) is 156 cm³/mol. The van der Waals surface area contributed by atoms with Crippen molar-refractivity contribution < 1.29 is 22.9 Å². The van der Waals surface area contributed by atoms with E-state index in [0.717, 1.165) is 77.0 Å². The van der Waals surface area contributed by atoms with Gasteiger partial charge >= 0.3 is 0 Å². The van der Waals surface area contributed by atoms with Crippen molar-refractivity contribution in [1.82, 2.24) is 5.32 Å². The highest BCUT2D eigenvalue weighted by Gasteiger charge is 2.24. The monoisotopic (exact) mass is 539 g/mol. The molecule has 0 radical (unpaired) electrons. The molecule has 0 aliphatic carbocycles. The van der Waals surface area contributed by atoms with Gasteiger partial charge in [0.05, 0.1) is 17.9 Å². The smallest absolute Gasteiger partial charge is 0.267 e. The molecule has 0 aliphatic rings. The van der Waals surface area contributed by atoms with Gasteiger partial charge in [-0.25, -0.2) is 0 Å². The molecule has 0 heterocycles. The zero-order valence-electron chi connectivity index (χ0n) is 23.3. The molecular formula is C30H53NO5S. The molecule has 37 heavy (non-hydrogen) atoms. The summed E-state index contributed by atoms with van der Waals surface area (Å²) in [6.45, 7) is 4.24. The lowest BCUT2D eigenvalue weighted by molar-refractivity contribution is -0.122. The molecule has 2 unspecified atom stereocenters. The number of hydrogen-bond donors (Lipinski definition) is 3. The zero-order valence-corrected chi connectivity index (χ0v) is 24.1. The van der Waals surface area contributed by atoms with Gasteiger partial charge in [0.1, 0.15) is 0 Å². The Hall–Kier alpha value is -1.70. The van der Waals surface area contributed by atoms with Gasteiger partial charge in [0.2, 0.25) is 5.91 Å². The third-order valence-electron chi connectivity index (χ3n) is 6.01. The first-order valence-corrected chi connectivity index (χ1v) is 15.9. The Morgan fingerprint density at radius 3 is 1.92 bits per heavy atom. The number of aliphatic hydroxyl groups is 1. The Labute approximate surface area is 227 Å². The normalized spacial score (nSPS) is 14.4. The molecule has 0 rings (SSSR count).